The van der Waals surface area contributed by atoms with Gasteiger partial charge in [-0.2, -0.15) is 18.2 Å². The lowest BCUT2D eigenvalue weighted by atomic mass is 10.3. The van der Waals surface area contributed by atoms with E-state index in [0.717, 1.165) is 34.2 Å². The fraction of sp³-hybridized carbons (Fsp3) is 0.118. The lowest BCUT2D eigenvalue weighted by Gasteiger charge is -2.12. The topological polar surface area (TPSA) is 105 Å². The van der Waals surface area contributed by atoms with Gasteiger partial charge in [0, 0.05) is 0 Å². The third-order valence-electron chi connectivity index (χ3n) is 3.38. The molecule has 0 fully saturated rings. The molecule has 2 heterocycles. The lowest BCUT2D eigenvalue weighted by molar-refractivity contribution is 0.0515. The Kier molecular flexibility index (Phi) is 5.56. The van der Waals surface area contributed by atoms with E-state index in [9.17, 15) is 22.4 Å². The zero-order valence-electron chi connectivity index (χ0n) is 14.4. The molecule has 3 aromatic rings. The maximum absolute atomic E-state index is 13.1. The van der Waals surface area contributed by atoms with Crippen LogP contribution in [0.3, 0.4) is 0 Å². The quantitative estimate of drug-likeness (QED) is 0.442. The van der Waals surface area contributed by atoms with E-state index in [-0.39, 0.29) is 16.5 Å². The number of hydrogen-bond donors (Lipinski definition) is 0. The lowest BCUT2D eigenvalue weighted by Crippen LogP contribution is -2.26. The Bertz CT molecular complexity index is 1160. The number of benzene rings is 1. The van der Waals surface area contributed by atoms with E-state index in [4.69, 9.17) is 8.92 Å². The Morgan fingerprint density at radius 1 is 1.25 bits per heavy atom. The van der Waals surface area contributed by atoms with Gasteiger partial charge in [0.2, 0.25) is 5.69 Å². The molecule has 0 N–H and O–H groups in total. The standard InChI is InChI=1S/C17H13FN2O6S2/c1-2-25-17(22)16-13(26-28(23,24)15-4-3-9-27-15)10-14(21)20(19-16)12-7-5-11(18)6-8-12/h3-10H,2H2,1H3. The third-order valence-corrected chi connectivity index (χ3v) is 5.97. The molecule has 0 aliphatic rings. The first-order chi connectivity index (χ1) is 13.3. The predicted octanol–water partition coefficient (Wildman–Crippen LogP) is 2.38. The summed E-state index contributed by atoms with van der Waals surface area (Å²) in [4.78, 5) is 24.7. The van der Waals surface area contributed by atoms with Gasteiger partial charge >= 0.3 is 16.1 Å². The molecule has 8 nitrogen and oxygen atoms in total. The van der Waals surface area contributed by atoms with Crippen molar-refractivity contribution in [3.8, 4) is 11.4 Å². The van der Waals surface area contributed by atoms with Gasteiger partial charge in [0.1, 0.15) is 5.82 Å². The molecule has 0 aliphatic heterocycles. The van der Waals surface area contributed by atoms with Crippen LogP contribution in [-0.2, 0) is 14.9 Å². The van der Waals surface area contributed by atoms with Crippen molar-refractivity contribution in [2.45, 2.75) is 11.1 Å². The molecule has 28 heavy (non-hydrogen) atoms. The van der Waals surface area contributed by atoms with Crippen LogP contribution in [-0.4, -0.2) is 30.8 Å². The summed E-state index contributed by atoms with van der Waals surface area (Å²) in [5, 5.41) is 5.41. The van der Waals surface area contributed by atoms with Gasteiger partial charge in [0.25, 0.3) is 5.56 Å². The zero-order valence-corrected chi connectivity index (χ0v) is 16.0. The van der Waals surface area contributed by atoms with E-state index in [2.05, 4.69) is 5.10 Å². The minimum Gasteiger partial charge on any atom is -0.461 e. The molecular formula is C17H13FN2O6S2. The minimum absolute atomic E-state index is 0.00664. The van der Waals surface area contributed by atoms with Crippen LogP contribution in [0.15, 0.2) is 56.8 Å². The van der Waals surface area contributed by atoms with Crippen molar-refractivity contribution >= 4 is 27.4 Å². The Balaban J connectivity index is 2.11. The maximum Gasteiger partial charge on any atom is 0.362 e. The summed E-state index contributed by atoms with van der Waals surface area (Å²) in [5.74, 6) is -2.06. The van der Waals surface area contributed by atoms with Crippen LogP contribution in [0.2, 0.25) is 0 Å². The Hall–Kier alpha value is -3.05. The summed E-state index contributed by atoms with van der Waals surface area (Å²) < 4.78 is 48.4. The highest BCUT2D eigenvalue weighted by atomic mass is 32.3. The van der Waals surface area contributed by atoms with E-state index in [1.54, 1.807) is 6.92 Å². The summed E-state index contributed by atoms with van der Waals surface area (Å²) in [7, 11) is -4.27. The molecule has 146 valence electrons. The van der Waals surface area contributed by atoms with Gasteiger partial charge in [-0.3, -0.25) is 4.79 Å². The molecule has 0 saturated carbocycles. The summed E-state index contributed by atoms with van der Waals surface area (Å²) in [6.07, 6.45) is 0. The summed E-state index contributed by atoms with van der Waals surface area (Å²) in [5.41, 5.74) is -1.12. The second kappa shape index (κ2) is 7.90. The van der Waals surface area contributed by atoms with Crippen LogP contribution in [0, 0.1) is 5.82 Å². The normalized spacial score (nSPS) is 11.2. The van der Waals surface area contributed by atoms with Gasteiger partial charge in [0.15, 0.2) is 9.96 Å². The molecule has 0 bridgehead atoms. The van der Waals surface area contributed by atoms with E-state index in [1.165, 1.54) is 29.6 Å². The van der Waals surface area contributed by atoms with Gasteiger partial charge in [-0.1, -0.05) is 6.07 Å². The molecule has 0 saturated heterocycles. The first kappa shape index (κ1) is 19.7. The van der Waals surface area contributed by atoms with Gasteiger partial charge in [-0.05, 0) is 42.6 Å². The maximum atomic E-state index is 13.1. The van der Waals surface area contributed by atoms with Crippen LogP contribution >= 0.6 is 11.3 Å². The number of carbonyl (C=O) groups excluding carboxylic acids is 1. The van der Waals surface area contributed by atoms with Crippen molar-refractivity contribution in [2.24, 2.45) is 0 Å². The third kappa shape index (κ3) is 4.10. The second-order valence-corrected chi connectivity index (χ2v) is 7.99. The first-order valence-electron chi connectivity index (χ1n) is 7.87. The number of aromatic nitrogens is 2. The summed E-state index contributed by atoms with van der Waals surface area (Å²) in [6.45, 7) is 1.55. The van der Waals surface area contributed by atoms with Crippen LogP contribution in [0.5, 0.6) is 5.75 Å². The molecule has 0 aliphatic carbocycles. The van der Waals surface area contributed by atoms with E-state index < -0.39 is 38.9 Å². The smallest absolute Gasteiger partial charge is 0.362 e. The molecule has 3 rings (SSSR count). The number of halogens is 1. The minimum atomic E-state index is -4.27. The SMILES string of the molecule is CCOC(=O)c1nn(-c2ccc(F)cc2)c(=O)cc1OS(=O)(=O)c1cccs1. The average Bonchev–Trinajstić information content (AvgIpc) is 3.18. The van der Waals surface area contributed by atoms with E-state index in [1.807, 2.05) is 0 Å². The van der Waals surface area contributed by atoms with Crippen molar-refractivity contribution in [2.75, 3.05) is 6.61 Å². The Labute approximate surface area is 162 Å². The molecule has 0 radical (unpaired) electrons. The monoisotopic (exact) mass is 424 g/mol. The van der Waals surface area contributed by atoms with Crippen LogP contribution < -0.4 is 9.74 Å². The second-order valence-electron chi connectivity index (χ2n) is 5.27. The van der Waals surface area contributed by atoms with Gasteiger partial charge < -0.3 is 8.92 Å². The Morgan fingerprint density at radius 2 is 1.96 bits per heavy atom. The molecule has 1 aromatic carbocycles. The van der Waals surface area contributed by atoms with Crippen LogP contribution in [0.1, 0.15) is 17.4 Å². The van der Waals surface area contributed by atoms with Crippen molar-refractivity contribution in [3.63, 3.8) is 0 Å². The molecule has 11 heteroatoms. The molecule has 2 aromatic heterocycles. The summed E-state index contributed by atoms with van der Waals surface area (Å²) >= 11 is 0.911. The van der Waals surface area contributed by atoms with Crippen molar-refractivity contribution in [3.05, 3.63) is 69.7 Å². The van der Waals surface area contributed by atoms with Crippen molar-refractivity contribution in [1.29, 1.82) is 0 Å². The highest BCUT2D eigenvalue weighted by molar-refractivity contribution is 7.89. The van der Waals surface area contributed by atoms with Gasteiger partial charge in [0.05, 0.1) is 18.4 Å². The van der Waals surface area contributed by atoms with Crippen LogP contribution in [0.4, 0.5) is 4.39 Å². The van der Waals surface area contributed by atoms with Crippen LogP contribution in [0.25, 0.3) is 5.69 Å². The highest BCUT2D eigenvalue weighted by Crippen LogP contribution is 2.24. The number of ether oxygens (including phenoxy) is 1. The molecule has 0 unspecified atom stereocenters. The number of hydrogen-bond acceptors (Lipinski definition) is 8. The van der Waals surface area contributed by atoms with E-state index in [0.29, 0.717) is 0 Å². The fourth-order valence-electron chi connectivity index (χ4n) is 2.18. The highest BCUT2D eigenvalue weighted by Gasteiger charge is 2.26. The molecule has 0 atom stereocenters. The van der Waals surface area contributed by atoms with Gasteiger partial charge in [-0.25, -0.2) is 9.18 Å². The van der Waals surface area contributed by atoms with Crippen molar-refractivity contribution in [1.82, 2.24) is 9.78 Å². The average molecular weight is 424 g/mol. The largest absolute Gasteiger partial charge is 0.461 e. The van der Waals surface area contributed by atoms with Crippen molar-refractivity contribution < 1.29 is 26.5 Å². The summed E-state index contributed by atoms with van der Waals surface area (Å²) in [6, 6.07) is 8.42. The number of nitrogens with zero attached hydrogens (tertiary/aromatic N) is 2. The number of rotatable bonds is 6. The predicted molar refractivity (Wildman–Crippen MR) is 97.9 cm³/mol. The number of thiophene rings is 1. The van der Waals surface area contributed by atoms with Gasteiger partial charge in [-0.15, -0.1) is 11.3 Å². The Morgan fingerprint density at radius 3 is 2.57 bits per heavy atom. The molecule has 0 amide bonds. The zero-order chi connectivity index (χ0) is 20.3. The molecular weight excluding hydrogens is 411 g/mol. The molecule has 0 spiro atoms. The number of esters is 1. The number of carbonyl (C=O) groups is 1. The fourth-order valence-corrected chi connectivity index (χ4v) is 4.06. The van der Waals surface area contributed by atoms with E-state index >= 15 is 0 Å². The first-order valence-corrected chi connectivity index (χ1v) is 10.2.